The van der Waals surface area contributed by atoms with Gasteiger partial charge in [0.2, 0.25) is 0 Å². The first-order chi connectivity index (χ1) is 27.2. The van der Waals surface area contributed by atoms with Gasteiger partial charge in [-0.3, -0.25) is 0 Å². The molecule has 266 valence electrons. The highest BCUT2D eigenvalue weighted by Gasteiger charge is 2.36. The van der Waals surface area contributed by atoms with Gasteiger partial charge in [-0.25, -0.2) is 0 Å². The van der Waals surface area contributed by atoms with Crippen LogP contribution in [0.15, 0.2) is 162 Å². The Kier molecular flexibility index (Phi) is 6.31. The Morgan fingerprint density at radius 2 is 0.857 bits per heavy atom. The van der Waals surface area contributed by atoms with E-state index in [1.165, 1.54) is 94.6 Å². The lowest BCUT2D eigenvalue weighted by molar-refractivity contribution is 0.660. The van der Waals surface area contributed by atoms with E-state index in [-0.39, 0.29) is 10.8 Å². The lowest BCUT2D eigenvalue weighted by atomic mass is 9.81. The van der Waals surface area contributed by atoms with Crippen molar-refractivity contribution in [3.05, 3.63) is 191 Å². The molecule has 0 saturated carbocycles. The van der Waals surface area contributed by atoms with Crippen LogP contribution in [0.5, 0.6) is 0 Å². The third-order valence-electron chi connectivity index (χ3n) is 13.5. The lowest BCUT2D eigenvalue weighted by Gasteiger charge is -2.22. The van der Waals surface area contributed by atoms with Crippen LogP contribution < -0.4 is 0 Å². The molecule has 0 saturated heterocycles. The number of hydrogen-bond acceptors (Lipinski definition) is 1. The summed E-state index contributed by atoms with van der Waals surface area (Å²) in [6.07, 6.45) is 0.980. The van der Waals surface area contributed by atoms with Gasteiger partial charge >= 0.3 is 0 Å². The summed E-state index contributed by atoms with van der Waals surface area (Å²) in [5.74, 6) is 0. The van der Waals surface area contributed by atoms with Gasteiger partial charge < -0.3 is 4.42 Å². The third-order valence-corrected chi connectivity index (χ3v) is 13.5. The molecule has 0 amide bonds. The summed E-state index contributed by atoms with van der Waals surface area (Å²) >= 11 is 0. The van der Waals surface area contributed by atoms with Crippen molar-refractivity contribution in [2.24, 2.45) is 0 Å². The van der Waals surface area contributed by atoms with E-state index in [1.54, 1.807) is 0 Å². The van der Waals surface area contributed by atoms with Gasteiger partial charge in [-0.05, 0) is 143 Å². The monoisotopic (exact) mass is 716 g/mol. The highest BCUT2D eigenvalue weighted by atomic mass is 16.3. The van der Waals surface area contributed by atoms with E-state index in [1.807, 2.05) is 0 Å². The summed E-state index contributed by atoms with van der Waals surface area (Å²) < 4.78 is 6.91. The zero-order valence-electron chi connectivity index (χ0n) is 32.1. The minimum Gasteiger partial charge on any atom is -0.455 e. The molecule has 1 aromatic heterocycles. The predicted molar refractivity (Wildman–Crippen MR) is 233 cm³/mol. The maximum Gasteiger partial charge on any atom is 0.143 e. The number of benzene rings is 8. The molecule has 0 unspecified atom stereocenters. The van der Waals surface area contributed by atoms with Crippen molar-refractivity contribution in [3.8, 4) is 66.8 Å². The average molecular weight is 717 g/mol. The van der Waals surface area contributed by atoms with Gasteiger partial charge in [0, 0.05) is 27.2 Å². The Morgan fingerprint density at radius 1 is 0.357 bits per heavy atom. The Morgan fingerprint density at radius 3 is 1.55 bits per heavy atom. The van der Waals surface area contributed by atoms with Gasteiger partial charge in [0.05, 0.1) is 0 Å². The first-order valence-corrected chi connectivity index (χ1v) is 20.0. The molecule has 1 heteroatoms. The van der Waals surface area contributed by atoms with E-state index in [9.17, 15) is 0 Å². The highest BCUT2D eigenvalue weighted by molar-refractivity contribution is 6.12. The standard InChI is InChI=1S/C55H40O/c1-54(2)48-15-9-7-13-40(48)42-22-19-33(30-50(42)54)32-21-24-52-46(26-32)47-29-38(34-20-23-43-41-14-8-10-16-49(41)55(3,4)51(43)31-34)28-45(53(47)56-52)37-18-17-36-25-35-11-5-6-12-39(35)44(36)27-37/h5-24,26-31H,25H2,1-4H3. The van der Waals surface area contributed by atoms with Crippen LogP contribution in [0.3, 0.4) is 0 Å². The van der Waals surface area contributed by atoms with Crippen molar-refractivity contribution in [1.82, 2.24) is 0 Å². The van der Waals surface area contributed by atoms with Gasteiger partial charge in [-0.15, -0.1) is 0 Å². The van der Waals surface area contributed by atoms with Crippen LogP contribution in [-0.2, 0) is 17.3 Å². The molecule has 0 atom stereocenters. The van der Waals surface area contributed by atoms with Crippen LogP contribution in [0.25, 0.3) is 88.7 Å². The van der Waals surface area contributed by atoms with Crippen molar-refractivity contribution in [3.63, 3.8) is 0 Å². The quantitative estimate of drug-likeness (QED) is 0.177. The lowest BCUT2D eigenvalue weighted by Crippen LogP contribution is -2.14. The summed E-state index contributed by atoms with van der Waals surface area (Å²) in [7, 11) is 0. The second-order valence-electron chi connectivity index (χ2n) is 17.3. The molecule has 12 rings (SSSR count). The largest absolute Gasteiger partial charge is 0.455 e. The van der Waals surface area contributed by atoms with Crippen molar-refractivity contribution in [2.75, 3.05) is 0 Å². The molecule has 1 heterocycles. The molecule has 0 spiro atoms. The zero-order valence-corrected chi connectivity index (χ0v) is 32.1. The average Bonchev–Trinajstić information content (AvgIpc) is 3.92. The molecule has 0 N–H and O–H groups in total. The second kappa shape index (κ2) is 11.1. The SMILES string of the molecule is CC1(C)c2ccccc2-c2ccc(-c3ccc4oc5c(-c6ccc7c(c6)-c6ccccc6C7)cc(-c6ccc7c(c6)C(C)(C)c6ccccc6-7)cc5c4c3)cc21. The summed E-state index contributed by atoms with van der Waals surface area (Å²) in [6.45, 7) is 9.44. The van der Waals surface area contributed by atoms with E-state index in [0.29, 0.717) is 0 Å². The molecule has 0 bridgehead atoms. The maximum absolute atomic E-state index is 6.91. The maximum atomic E-state index is 6.91. The Bertz CT molecular complexity index is 3160. The molecule has 56 heavy (non-hydrogen) atoms. The number of rotatable bonds is 3. The van der Waals surface area contributed by atoms with Gasteiger partial charge in [0.25, 0.3) is 0 Å². The molecule has 0 aliphatic heterocycles. The predicted octanol–water partition coefficient (Wildman–Crippen LogP) is 14.8. The highest BCUT2D eigenvalue weighted by Crippen LogP contribution is 2.52. The third kappa shape index (κ3) is 4.32. The van der Waals surface area contributed by atoms with Crippen molar-refractivity contribution < 1.29 is 4.42 Å². The minimum atomic E-state index is -0.0781. The summed E-state index contributed by atoms with van der Waals surface area (Å²) in [5.41, 5.74) is 25.3. The molecule has 0 fully saturated rings. The number of fused-ring (bicyclic) bond motifs is 12. The van der Waals surface area contributed by atoms with E-state index < -0.39 is 0 Å². The van der Waals surface area contributed by atoms with Gasteiger partial charge in [0.15, 0.2) is 0 Å². The van der Waals surface area contributed by atoms with Crippen LogP contribution >= 0.6 is 0 Å². The summed E-state index contributed by atoms with van der Waals surface area (Å²) in [4.78, 5) is 0. The molecule has 3 aliphatic carbocycles. The van der Waals surface area contributed by atoms with Crippen molar-refractivity contribution in [1.29, 1.82) is 0 Å². The fourth-order valence-corrected chi connectivity index (χ4v) is 10.5. The van der Waals surface area contributed by atoms with Gasteiger partial charge in [0.1, 0.15) is 11.2 Å². The van der Waals surface area contributed by atoms with Crippen molar-refractivity contribution in [2.45, 2.75) is 44.9 Å². The van der Waals surface area contributed by atoms with Gasteiger partial charge in [-0.2, -0.15) is 0 Å². The first kappa shape index (κ1) is 31.9. The normalized spacial score (nSPS) is 15.0. The van der Waals surface area contributed by atoms with E-state index in [0.717, 1.165) is 33.9 Å². The van der Waals surface area contributed by atoms with E-state index in [4.69, 9.17) is 4.42 Å². The van der Waals surface area contributed by atoms with Crippen LogP contribution in [0.1, 0.15) is 61.1 Å². The number of hydrogen-bond donors (Lipinski definition) is 0. The van der Waals surface area contributed by atoms with Crippen LogP contribution in [0, 0.1) is 0 Å². The Labute approximate surface area is 327 Å². The van der Waals surface area contributed by atoms with Crippen LogP contribution in [-0.4, -0.2) is 0 Å². The molecule has 9 aromatic rings. The minimum absolute atomic E-state index is 0.0552. The van der Waals surface area contributed by atoms with Gasteiger partial charge in [-0.1, -0.05) is 143 Å². The van der Waals surface area contributed by atoms with Crippen LogP contribution in [0.4, 0.5) is 0 Å². The topological polar surface area (TPSA) is 13.1 Å². The van der Waals surface area contributed by atoms with Crippen molar-refractivity contribution >= 4 is 21.9 Å². The van der Waals surface area contributed by atoms with E-state index >= 15 is 0 Å². The molecule has 0 radical (unpaired) electrons. The molecular formula is C55H40O. The fraction of sp³-hybridized carbons (Fsp3) is 0.127. The molecule has 8 aromatic carbocycles. The van der Waals surface area contributed by atoms with E-state index in [2.05, 4.69) is 185 Å². The molecular weight excluding hydrogens is 677 g/mol. The summed E-state index contributed by atoms with van der Waals surface area (Å²) in [5, 5.41) is 2.29. The Hall–Kier alpha value is -6.44. The zero-order chi connectivity index (χ0) is 37.5. The number of furan rings is 1. The second-order valence-corrected chi connectivity index (χ2v) is 17.3. The smallest absolute Gasteiger partial charge is 0.143 e. The Balaban J connectivity index is 1.06. The molecule has 3 aliphatic rings. The first-order valence-electron chi connectivity index (χ1n) is 20.0. The fourth-order valence-electron chi connectivity index (χ4n) is 10.5. The summed E-state index contributed by atoms with van der Waals surface area (Å²) in [6, 6.07) is 59.3. The van der Waals surface area contributed by atoms with Crippen LogP contribution in [0.2, 0.25) is 0 Å². The molecule has 1 nitrogen and oxygen atoms in total.